The van der Waals surface area contributed by atoms with Gasteiger partial charge in [0.2, 0.25) is 0 Å². The fourth-order valence-electron chi connectivity index (χ4n) is 4.55. The van der Waals surface area contributed by atoms with Crippen molar-refractivity contribution in [3.63, 3.8) is 0 Å². The first-order valence-electron chi connectivity index (χ1n) is 8.65. The summed E-state index contributed by atoms with van der Waals surface area (Å²) in [6.45, 7) is 7.22. The fourth-order valence-corrected chi connectivity index (χ4v) is 5.98. The zero-order valence-corrected chi connectivity index (χ0v) is 14.9. The van der Waals surface area contributed by atoms with Crippen molar-refractivity contribution in [1.82, 2.24) is 10.3 Å². The van der Waals surface area contributed by atoms with Gasteiger partial charge in [-0.15, -0.1) is 11.3 Å². The van der Waals surface area contributed by atoms with Gasteiger partial charge in [0, 0.05) is 4.88 Å². The molecule has 1 aromatic rings. The highest BCUT2D eigenvalue weighted by Gasteiger charge is 2.48. The van der Waals surface area contributed by atoms with Gasteiger partial charge in [-0.05, 0) is 56.9 Å². The third kappa shape index (κ3) is 2.68. The van der Waals surface area contributed by atoms with E-state index in [9.17, 15) is 0 Å². The molecule has 1 heterocycles. The van der Waals surface area contributed by atoms with Gasteiger partial charge < -0.3 is 5.32 Å². The maximum atomic E-state index is 5.14. The number of fused-ring (bicyclic) bond motifs is 1. The summed E-state index contributed by atoms with van der Waals surface area (Å²) in [5, 5.41) is 5.13. The lowest BCUT2D eigenvalue weighted by molar-refractivity contribution is 0.0535. The summed E-state index contributed by atoms with van der Waals surface area (Å²) < 4.78 is 0. The standard InChI is InChI=1S/C18H30N2S/c1-17(2,3)15-11-7-8-12-18(15,19-4)16-20-13-9-5-6-10-14(13)21-16/h15,19H,5-12H2,1-4H3. The van der Waals surface area contributed by atoms with Crippen LogP contribution in [0.25, 0.3) is 0 Å². The summed E-state index contributed by atoms with van der Waals surface area (Å²) in [4.78, 5) is 6.71. The van der Waals surface area contributed by atoms with Gasteiger partial charge in [-0.2, -0.15) is 0 Å². The van der Waals surface area contributed by atoms with Crippen LogP contribution >= 0.6 is 11.3 Å². The van der Waals surface area contributed by atoms with Crippen LogP contribution in [0.4, 0.5) is 0 Å². The van der Waals surface area contributed by atoms with E-state index in [-0.39, 0.29) is 5.54 Å². The number of nitrogens with one attached hydrogen (secondary N) is 1. The maximum absolute atomic E-state index is 5.14. The second-order valence-corrected chi connectivity index (χ2v) is 9.07. The molecule has 1 fully saturated rings. The van der Waals surface area contributed by atoms with E-state index in [2.05, 4.69) is 33.1 Å². The molecule has 2 aliphatic carbocycles. The predicted molar refractivity (Wildman–Crippen MR) is 90.9 cm³/mol. The number of aromatic nitrogens is 1. The van der Waals surface area contributed by atoms with E-state index in [1.165, 1.54) is 62.1 Å². The minimum Gasteiger partial charge on any atom is -0.308 e. The molecule has 2 nitrogen and oxygen atoms in total. The number of nitrogens with zero attached hydrogens (tertiary/aromatic N) is 1. The van der Waals surface area contributed by atoms with Crippen LogP contribution in [0.2, 0.25) is 0 Å². The largest absolute Gasteiger partial charge is 0.308 e. The molecule has 0 aliphatic heterocycles. The lowest BCUT2D eigenvalue weighted by Crippen LogP contribution is -2.53. The molecule has 3 rings (SSSR count). The van der Waals surface area contributed by atoms with Gasteiger partial charge in [0.25, 0.3) is 0 Å². The highest BCUT2D eigenvalue weighted by molar-refractivity contribution is 7.11. The van der Waals surface area contributed by atoms with E-state index >= 15 is 0 Å². The lowest BCUT2D eigenvalue weighted by Gasteiger charge is -2.49. The molecule has 118 valence electrons. The summed E-state index contributed by atoms with van der Waals surface area (Å²) in [7, 11) is 2.16. The summed E-state index contributed by atoms with van der Waals surface area (Å²) in [5.74, 6) is 0.677. The van der Waals surface area contributed by atoms with E-state index in [0.717, 1.165) is 0 Å². The number of rotatable bonds is 2. The van der Waals surface area contributed by atoms with Gasteiger partial charge in [0.1, 0.15) is 5.01 Å². The molecule has 2 atom stereocenters. The van der Waals surface area contributed by atoms with Crippen molar-refractivity contribution in [3.05, 3.63) is 15.6 Å². The first-order chi connectivity index (χ1) is 9.97. The minimum atomic E-state index is 0.110. The molecule has 2 unspecified atom stereocenters. The van der Waals surface area contributed by atoms with Crippen molar-refractivity contribution >= 4 is 11.3 Å². The first kappa shape index (κ1) is 15.5. The Bertz CT molecular complexity index is 476. The van der Waals surface area contributed by atoms with Crippen molar-refractivity contribution in [2.45, 2.75) is 77.7 Å². The second-order valence-electron chi connectivity index (χ2n) is 7.98. The summed E-state index contributed by atoms with van der Waals surface area (Å²) in [6, 6.07) is 0. The Morgan fingerprint density at radius 1 is 1.14 bits per heavy atom. The molecular formula is C18H30N2S. The van der Waals surface area contributed by atoms with Crippen molar-refractivity contribution < 1.29 is 0 Å². The summed E-state index contributed by atoms with van der Waals surface area (Å²) in [6.07, 6.45) is 10.4. The van der Waals surface area contributed by atoms with Crippen LogP contribution < -0.4 is 5.32 Å². The molecule has 0 amide bonds. The van der Waals surface area contributed by atoms with Gasteiger partial charge in [0.05, 0.1) is 11.2 Å². The zero-order valence-electron chi connectivity index (χ0n) is 14.1. The normalized spacial score (nSPS) is 30.2. The molecule has 2 aliphatic rings. The zero-order chi connectivity index (χ0) is 15.1. The predicted octanol–water partition coefficient (Wildman–Crippen LogP) is 4.67. The summed E-state index contributed by atoms with van der Waals surface area (Å²) in [5.41, 5.74) is 1.85. The van der Waals surface area contributed by atoms with Gasteiger partial charge in [-0.1, -0.05) is 33.6 Å². The van der Waals surface area contributed by atoms with Crippen molar-refractivity contribution in [2.24, 2.45) is 11.3 Å². The molecule has 0 radical (unpaired) electrons. The van der Waals surface area contributed by atoms with E-state index in [4.69, 9.17) is 4.98 Å². The Hall–Kier alpha value is -0.410. The highest BCUT2D eigenvalue weighted by atomic mass is 32.1. The van der Waals surface area contributed by atoms with Gasteiger partial charge in [0.15, 0.2) is 0 Å². The molecule has 0 aromatic carbocycles. The van der Waals surface area contributed by atoms with Crippen molar-refractivity contribution in [1.29, 1.82) is 0 Å². The average molecular weight is 307 g/mol. The average Bonchev–Trinajstić information content (AvgIpc) is 2.90. The molecule has 21 heavy (non-hydrogen) atoms. The monoisotopic (exact) mass is 306 g/mol. The number of aryl methyl sites for hydroxylation is 2. The van der Waals surface area contributed by atoms with Crippen LogP contribution in [-0.2, 0) is 18.4 Å². The third-order valence-corrected chi connectivity index (χ3v) is 6.96. The number of hydrogen-bond donors (Lipinski definition) is 1. The Morgan fingerprint density at radius 2 is 1.90 bits per heavy atom. The topological polar surface area (TPSA) is 24.9 Å². The van der Waals surface area contributed by atoms with Crippen LogP contribution in [0, 0.1) is 11.3 Å². The van der Waals surface area contributed by atoms with Crippen LogP contribution in [0.1, 0.15) is 74.9 Å². The maximum Gasteiger partial charge on any atom is 0.114 e. The number of thiazole rings is 1. The van der Waals surface area contributed by atoms with E-state index in [1.54, 1.807) is 4.88 Å². The summed E-state index contributed by atoms with van der Waals surface area (Å²) >= 11 is 2.01. The molecule has 1 aromatic heterocycles. The lowest BCUT2D eigenvalue weighted by atomic mass is 9.62. The van der Waals surface area contributed by atoms with Crippen LogP contribution in [0.15, 0.2) is 0 Å². The van der Waals surface area contributed by atoms with Crippen molar-refractivity contribution in [2.75, 3.05) is 7.05 Å². The molecule has 3 heteroatoms. The van der Waals surface area contributed by atoms with E-state index in [1.807, 2.05) is 11.3 Å². The van der Waals surface area contributed by atoms with E-state index < -0.39 is 0 Å². The highest BCUT2D eigenvalue weighted by Crippen LogP contribution is 2.51. The molecule has 1 N–H and O–H groups in total. The smallest absolute Gasteiger partial charge is 0.114 e. The van der Waals surface area contributed by atoms with Crippen LogP contribution in [-0.4, -0.2) is 12.0 Å². The quantitative estimate of drug-likeness (QED) is 0.858. The Morgan fingerprint density at radius 3 is 2.57 bits per heavy atom. The minimum absolute atomic E-state index is 0.110. The Labute approximate surface area is 133 Å². The van der Waals surface area contributed by atoms with Crippen molar-refractivity contribution in [3.8, 4) is 0 Å². The molecule has 0 bridgehead atoms. The van der Waals surface area contributed by atoms with Crippen LogP contribution in [0.5, 0.6) is 0 Å². The molecular weight excluding hydrogens is 276 g/mol. The Balaban J connectivity index is 2.03. The number of hydrogen-bond acceptors (Lipinski definition) is 3. The fraction of sp³-hybridized carbons (Fsp3) is 0.833. The molecule has 0 spiro atoms. The first-order valence-corrected chi connectivity index (χ1v) is 9.47. The SMILES string of the molecule is CNC1(c2nc3c(s2)CCCC3)CCCCC1C(C)(C)C. The third-order valence-electron chi connectivity index (χ3n) is 5.63. The second kappa shape index (κ2) is 5.66. The van der Waals surface area contributed by atoms with E-state index in [0.29, 0.717) is 11.3 Å². The van der Waals surface area contributed by atoms with Gasteiger partial charge in [-0.25, -0.2) is 4.98 Å². The van der Waals surface area contributed by atoms with Crippen LogP contribution in [0.3, 0.4) is 0 Å². The van der Waals surface area contributed by atoms with Gasteiger partial charge in [-0.3, -0.25) is 0 Å². The Kier molecular flexibility index (Phi) is 4.17. The molecule has 0 saturated heterocycles. The molecule has 1 saturated carbocycles. The van der Waals surface area contributed by atoms with Gasteiger partial charge >= 0.3 is 0 Å².